The van der Waals surface area contributed by atoms with Crippen molar-refractivity contribution in [1.29, 1.82) is 0 Å². The van der Waals surface area contributed by atoms with E-state index in [1.54, 1.807) is 23.4 Å². The van der Waals surface area contributed by atoms with Gasteiger partial charge in [0, 0.05) is 41.1 Å². The lowest BCUT2D eigenvalue weighted by Crippen LogP contribution is -2.26. The van der Waals surface area contributed by atoms with E-state index in [9.17, 15) is 4.79 Å². The highest BCUT2D eigenvalue weighted by Gasteiger charge is 2.15. The maximum atomic E-state index is 13.1. The molecular weight excluding hydrogens is 366 g/mol. The van der Waals surface area contributed by atoms with Crippen LogP contribution in [0.4, 0.5) is 0 Å². The number of hydrogen-bond donors (Lipinski definition) is 0. The van der Waals surface area contributed by atoms with Crippen LogP contribution in [0, 0.1) is 6.92 Å². The van der Waals surface area contributed by atoms with E-state index in [2.05, 4.69) is 38.5 Å². The Hall–Kier alpha value is -3.81. The van der Waals surface area contributed by atoms with Crippen LogP contribution in [0.25, 0.3) is 21.8 Å². The van der Waals surface area contributed by atoms with Gasteiger partial charge in [-0.2, -0.15) is 5.10 Å². The van der Waals surface area contributed by atoms with Gasteiger partial charge in [0.15, 0.2) is 0 Å². The molecule has 0 saturated carbocycles. The minimum absolute atomic E-state index is 0.142. The van der Waals surface area contributed by atoms with Gasteiger partial charge in [-0.3, -0.25) is 14.3 Å². The molecule has 0 atom stereocenters. The first kappa shape index (κ1) is 17.3. The Labute approximate surface area is 166 Å². The average molecular weight is 385 g/mol. The van der Waals surface area contributed by atoms with Crippen molar-refractivity contribution in [2.24, 2.45) is 7.05 Å². The zero-order chi connectivity index (χ0) is 20.0. The maximum Gasteiger partial charge on any atom is 0.293 e. The maximum absolute atomic E-state index is 13.1. The SMILES string of the molecule is Cc1cccc(Cc2ccc3c4cnn(Cn5cnnc5)c(=O)c4n(C)c3c2)n1. The van der Waals surface area contributed by atoms with E-state index in [0.29, 0.717) is 5.52 Å². The van der Waals surface area contributed by atoms with Gasteiger partial charge in [-0.1, -0.05) is 18.2 Å². The molecule has 0 N–H and O–H groups in total. The van der Waals surface area contributed by atoms with E-state index in [1.165, 1.54) is 4.68 Å². The van der Waals surface area contributed by atoms with Gasteiger partial charge >= 0.3 is 0 Å². The van der Waals surface area contributed by atoms with Gasteiger partial charge in [-0.15, -0.1) is 10.2 Å². The second-order valence-electron chi connectivity index (χ2n) is 7.19. The molecule has 0 aliphatic carbocycles. The van der Waals surface area contributed by atoms with E-state index >= 15 is 0 Å². The highest BCUT2D eigenvalue weighted by Crippen LogP contribution is 2.27. The van der Waals surface area contributed by atoms with Gasteiger partial charge in [-0.05, 0) is 30.7 Å². The number of aryl methyl sites for hydroxylation is 2. The highest BCUT2D eigenvalue weighted by atomic mass is 16.1. The second-order valence-corrected chi connectivity index (χ2v) is 7.19. The molecule has 8 heteroatoms. The summed E-state index contributed by atoms with van der Waals surface area (Å²) in [5, 5.41) is 13.8. The Morgan fingerprint density at radius 2 is 1.86 bits per heavy atom. The first-order valence-electron chi connectivity index (χ1n) is 9.32. The van der Waals surface area contributed by atoms with Gasteiger partial charge in [-0.25, -0.2) is 4.68 Å². The first-order chi connectivity index (χ1) is 14.1. The highest BCUT2D eigenvalue weighted by molar-refractivity contribution is 6.07. The third kappa shape index (κ3) is 2.98. The molecule has 1 aromatic carbocycles. The van der Waals surface area contributed by atoms with Gasteiger partial charge < -0.3 is 4.57 Å². The molecule has 0 bridgehead atoms. The van der Waals surface area contributed by atoms with Gasteiger partial charge in [0.2, 0.25) is 0 Å². The molecule has 4 aromatic heterocycles. The predicted octanol–water partition coefficient (Wildman–Crippen LogP) is 2.28. The molecule has 5 rings (SSSR count). The molecule has 0 radical (unpaired) electrons. The Balaban J connectivity index is 1.61. The van der Waals surface area contributed by atoms with Crippen molar-refractivity contribution in [1.82, 2.24) is 34.1 Å². The van der Waals surface area contributed by atoms with Crippen LogP contribution < -0.4 is 5.56 Å². The number of hydrogen-bond acceptors (Lipinski definition) is 5. The molecule has 144 valence electrons. The Bertz CT molecular complexity index is 1400. The van der Waals surface area contributed by atoms with Crippen LogP contribution in [-0.2, 0) is 20.1 Å². The number of nitrogens with zero attached hydrogens (tertiary/aromatic N) is 7. The predicted molar refractivity (Wildman–Crippen MR) is 110 cm³/mol. The zero-order valence-corrected chi connectivity index (χ0v) is 16.1. The van der Waals surface area contributed by atoms with Crippen molar-refractivity contribution < 1.29 is 0 Å². The molecule has 8 nitrogen and oxygen atoms in total. The van der Waals surface area contributed by atoms with E-state index in [1.807, 2.05) is 36.7 Å². The van der Waals surface area contributed by atoms with Gasteiger partial charge in [0.25, 0.3) is 5.56 Å². The summed E-state index contributed by atoms with van der Waals surface area (Å²) in [4.78, 5) is 17.7. The fraction of sp³-hybridized carbons (Fsp3) is 0.190. The third-order valence-corrected chi connectivity index (χ3v) is 5.16. The normalized spacial score (nSPS) is 11.5. The Morgan fingerprint density at radius 1 is 1.03 bits per heavy atom. The van der Waals surface area contributed by atoms with Crippen molar-refractivity contribution in [2.75, 3.05) is 0 Å². The van der Waals surface area contributed by atoms with Crippen LogP contribution in [-0.4, -0.2) is 34.1 Å². The van der Waals surface area contributed by atoms with Crippen LogP contribution in [0.3, 0.4) is 0 Å². The van der Waals surface area contributed by atoms with E-state index in [0.717, 1.165) is 39.7 Å². The lowest BCUT2D eigenvalue weighted by atomic mass is 10.1. The van der Waals surface area contributed by atoms with E-state index in [-0.39, 0.29) is 12.2 Å². The average Bonchev–Trinajstić information content (AvgIpc) is 3.31. The molecule has 0 amide bonds. The van der Waals surface area contributed by atoms with Crippen LogP contribution in [0.1, 0.15) is 17.0 Å². The molecular formula is C21H19N7O. The molecule has 0 aliphatic heterocycles. The van der Waals surface area contributed by atoms with Crippen LogP contribution in [0.15, 0.2) is 60.0 Å². The summed E-state index contributed by atoms with van der Waals surface area (Å²) in [6, 6.07) is 12.3. The summed E-state index contributed by atoms with van der Waals surface area (Å²) < 4.78 is 5.07. The summed E-state index contributed by atoms with van der Waals surface area (Å²) in [5.41, 5.74) is 4.69. The van der Waals surface area contributed by atoms with Gasteiger partial charge in [0.1, 0.15) is 24.8 Å². The molecule has 0 aliphatic rings. The molecule has 4 heterocycles. The van der Waals surface area contributed by atoms with Crippen LogP contribution >= 0.6 is 0 Å². The molecule has 5 aromatic rings. The number of rotatable bonds is 4. The largest absolute Gasteiger partial charge is 0.339 e. The fourth-order valence-corrected chi connectivity index (χ4v) is 3.77. The van der Waals surface area contributed by atoms with Crippen LogP contribution in [0.5, 0.6) is 0 Å². The van der Waals surface area contributed by atoms with Crippen molar-refractivity contribution in [3.63, 3.8) is 0 Å². The number of aromatic nitrogens is 7. The van der Waals surface area contributed by atoms with Crippen molar-refractivity contribution in [3.05, 3.63) is 82.6 Å². The van der Waals surface area contributed by atoms with E-state index < -0.39 is 0 Å². The molecule has 0 spiro atoms. The summed E-state index contributed by atoms with van der Waals surface area (Å²) in [6.07, 6.45) is 5.62. The molecule has 29 heavy (non-hydrogen) atoms. The van der Waals surface area contributed by atoms with Crippen LogP contribution in [0.2, 0.25) is 0 Å². The number of fused-ring (bicyclic) bond motifs is 3. The smallest absolute Gasteiger partial charge is 0.293 e. The van der Waals surface area contributed by atoms with Crippen molar-refractivity contribution in [3.8, 4) is 0 Å². The summed E-state index contributed by atoms with van der Waals surface area (Å²) >= 11 is 0. The quantitative estimate of drug-likeness (QED) is 0.474. The third-order valence-electron chi connectivity index (χ3n) is 5.16. The fourth-order valence-electron chi connectivity index (χ4n) is 3.77. The molecule has 0 saturated heterocycles. The van der Waals surface area contributed by atoms with Gasteiger partial charge in [0.05, 0.1) is 6.20 Å². The number of pyridine rings is 1. The standard InChI is InChI=1S/C21H19N7O/c1-14-4-3-5-16(25-14)8-15-6-7-17-18-10-24-28(13-27-11-22-23-12-27)21(29)20(18)26(2)19(17)9-15/h3-7,9-12H,8,13H2,1-2H3. The molecule has 0 unspecified atom stereocenters. The first-order valence-corrected chi connectivity index (χ1v) is 9.32. The lowest BCUT2D eigenvalue weighted by molar-refractivity contribution is 0.522. The Morgan fingerprint density at radius 3 is 2.66 bits per heavy atom. The topological polar surface area (TPSA) is 83.4 Å². The minimum atomic E-state index is -0.142. The second kappa shape index (κ2) is 6.66. The molecule has 0 fully saturated rings. The van der Waals surface area contributed by atoms with Crippen molar-refractivity contribution >= 4 is 21.8 Å². The zero-order valence-electron chi connectivity index (χ0n) is 16.1. The minimum Gasteiger partial charge on any atom is -0.339 e. The van der Waals surface area contributed by atoms with E-state index in [4.69, 9.17) is 0 Å². The summed E-state index contributed by atoms with van der Waals surface area (Å²) in [6.45, 7) is 2.27. The summed E-state index contributed by atoms with van der Waals surface area (Å²) in [5.74, 6) is 0. The monoisotopic (exact) mass is 385 g/mol. The Kier molecular flexibility index (Phi) is 3.97. The lowest BCUT2D eigenvalue weighted by Gasteiger charge is -2.05. The van der Waals surface area contributed by atoms with Crippen molar-refractivity contribution in [2.45, 2.75) is 20.0 Å². The summed E-state index contributed by atoms with van der Waals surface area (Å²) in [7, 11) is 1.92. The number of benzene rings is 1.